The minimum atomic E-state index is -0.879. The molecule has 34 heavy (non-hydrogen) atoms. The second-order valence-electron chi connectivity index (χ2n) is 10.9. The maximum Gasteiger partial charge on any atom is 0.257 e. The third-order valence-electron chi connectivity index (χ3n) is 8.41. The van der Waals surface area contributed by atoms with E-state index in [-0.39, 0.29) is 23.4 Å². The van der Waals surface area contributed by atoms with Crippen molar-refractivity contribution in [3.63, 3.8) is 0 Å². The van der Waals surface area contributed by atoms with E-state index in [4.69, 9.17) is 0 Å². The van der Waals surface area contributed by atoms with Crippen molar-refractivity contribution < 1.29 is 18.4 Å². The summed E-state index contributed by atoms with van der Waals surface area (Å²) in [5.41, 5.74) is 1.45. The summed E-state index contributed by atoms with van der Waals surface area (Å²) in [7, 11) is 0. The summed E-state index contributed by atoms with van der Waals surface area (Å²) in [4.78, 5) is 36.0. The van der Waals surface area contributed by atoms with Gasteiger partial charge in [-0.2, -0.15) is 0 Å². The Bertz CT molecular complexity index is 1130. The van der Waals surface area contributed by atoms with E-state index in [1.165, 1.54) is 55.8 Å². The Morgan fingerprint density at radius 2 is 1.76 bits per heavy atom. The van der Waals surface area contributed by atoms with Gasteiger partial charge in [0.2, 0.25) is 5.91 Å². The normalized spacial score (nSPS) is 29.1. The number of halogens is 2. The molecule has 1 aliphatic heterocycles. The molecule has 0 atom stereocenters. The van der Waals surface area contributed by atoms with Crippen LogP contribution in [0.3, 0.4) is 0 Å². The second-order valence-corrected chi connectivity index (χ2v) is 10.9. The molecule has 178 valence electrons. The first kappa shape index (κ1) is 21.6. The molecule has 1 aromatic heterocycles. The standard InChI is InChI=1S/C26H28F2N4O2/c27-18-1-2-19(21(28)8-18)25(34)32-4-3-20-22(13-32)29-14-30-24(20)31-23(33)12-26-9-15-5-16(10-26)7-17(6-15)11-26/h1-2,8,14-17H,3-7,9-13H2,(H,29,30,31,33). The van der Waals surface area contributed by atoms with Crippen LogP contribution in [0.25, 0.3) is 0 Å². The van der Waals surface area contributed by atoms with Crippen molar-refractivity contribution >= 4 is 17.6 Å². The molecule has 0 unspecified atom stereocenters. The van der Waals surface area contributed by atoms with Crippen LogP contribution in [0.5, 0.6) is 0 Å². The van der Waals surface area contributed by atoms with Crippen LogP contribution in [0, 0.1) is 34.8 Å². The van der Waals surface area contributed by atoms with Gasteiger partial charge in [0.25, 0.3) is 5.91 Å². The average molecular weight is 467 g/mol. The molecule has 4 aliphatic carbocycles. The van der Waals surface area contributed by atoms with Crippen LogP contribution in [0.1, 0.15) is 66.6 Å². The Morgan fingerprint density at radius 1 is 1.06 bits per heavy atom. The number of nitrogens with zero attached hydrogens (tertiary/aromatic N) is 3. The van der Waals surface area contributed by atoms with Crippen LogP contribution in [0.4, 0.5) is 14.6 Å². The summed E-state index contributed by atoms with van der Waals surface area (Å²) in [5, 5.41) is 3.04. The first-order valence-corrected chi connectivity index (χ1v) is 12.2. The highest BCUT2D eigenvalue weighted by atomic mass is 19.1. The van der Waals surface area contributed by atoms with Crippen LogP contribution in [0.2, 0.25) is 0 Å². The Hall–Kier alpha value is -2.90. The summed E-state index contributed by atoms with van der Waals surface area (Å²) in [5.74, 6) is 0.792. The van der Waals surface area contributed by atoms with E-state index < -0.39 is 17.5 Å². The Balaban J connectivity index is 1.15. The second kappa shape index (κ2) is 8.10. The molecule has 5 aliphatic rings. The number of carbonyl (C=O) groups is 2. The Kier molecular flexibility index (Phi) is 5.15. The van der Waals surface area contributed by atoms with Crippen LogP contribution >= 0.6 is 0 Å². The third-order valence-corrected chi connectivity index (χ3v) is 8.41. The lowest BCUT2D eigenvalue weighted by molar-refractivity contribution is -0.124. The number of anilines is 1. The molecule has 1 aromatic carbocycles. The molecule has 2 heterocycles. The van der Waals surface area contributed by atoms with Crippen LogP contribution < -0.4 is 5.32 Å². The highest BCUT2D eigenvalue weighted by Crippen LogP contribution is 2.61. The summed E-state index contributed by atoms with van der Waals surface area (Å²) in [6.45, 7) is 0.527. The summed E-state index contributed by atoms with van der Waals surface area (Å²) < 4.78 is 27.3. The van der Waals surface area contributed by atoms with E-state index in [9.17, 15) is 18.4 Å². The largest absolute Gasteiger partial charge is 0.332 e. The van der Waals surface area contributed by atoms with Gasteiger partial charge in [0, 0.05) is 24.6 Å². The van der Waals surface area contributed by atoms with Crippen molar-refractivity contribution in [2.75, 3.05) is 11.9 Å². The van der Waals surface area contributed by atoms with Gasteiger partial charge in [0.15, 0.2) is 0 Å². The number of hydrogen-bond acceptors (Lipinski definition) is 4. The first-order valence-electron chi connectivity index (χ1n) is 12.2. The summed E-state index contributed by atoms with van der Waals surface area (Å²) >= 11 is 0. The number of hydrogen-bond donors (Lipinski definition) is 1. The molecule has 7 rings (SSSR count). The predicted molar refractivity (Wildman–Crippen MR) is 121 cm³/mol. The van der Waals surface area contributed by atoms with E-state index >= 15 is 0 Å². The van der Waals surface area contributed by atoms with E-state index in [0.717, 1.165) is 29.4 Å². The molecule has 8 heteroatoms. The van der Waals surface area contributed by atoms with Gasteiger partial charge < -0.3 is 10.2 Å². The van der Waals surface area contributed by atoms with Gasteiger partial charge in [0.05, 0.1) is 17.8 Å². The van der Waals surface area contributed by atoms with E-state index in [1.807, 2.05) is 0 Å². The summed E-state index contributed by atoms with van der Waals surface area (Å²) in [6.07, 6.45) is 9.95. The minimum Gasteiger partial charge on any atom is -0.332 e. The average Bonchev–Trinajstić information content (AvgIpc) is 2.77. The van der Waals surface area contributed by atoms with E-state index in [1.54, 1.807) is 0 Å². The van der Waals surface area contributed by atoms with Gasteiger partial charge in [-0.1, -0.05) is 0 Å². The van der Waals surface area contributed by atoms with Crippen molar-refractivity contribution in [2.24, 2.45) is 23.2 Å². The molecule has 4 bridgehead atoms. The molecule has 4 fully saturated rings. The quantitative estimate of drug-likeness (QED) is 0.720. The Labute approximate surface area is 197 Å². The number of amides is 2. The fourth-order valence-electron chi connectivity index (χ4n) is 7.49. The lowest BCUT2D eigenvalue weighted by atomic mass is 9.49. The first-order chi connectivity index (χ1) is 16.4. The molecule has 6 nitrogen and oxygen atoms in total. The number of fused-ring (bicyclic) bond motifs is 1. The molecule has 1 N–H and O–H groups in total. The van der Waals surface area contributed by atoms with Crippen molar-refractivity contribution in [1.29, 1.82) is 0 Å². The fraction of sp³-hybridized carbons (Fsp3) is 0.538. The van der Waals surface area contributed by atoms with Gasteiger partial charge in [0.1, 0.15) is 23.8 Å². The van der Waals surface area contributed by atoms with Crippen molar-refractivity contribution in [2.45, 2.75) is 57.9 Å². The molecule has 4 saturated carbocycles. The SMILES string of the molecule is O=C(CC12CC3CC(CC(C3)C1)C2)Nc1ncnc2c1CCN(C(=O)c1ccc(F)cc1F)C2. The molecule has 2 aromatic rings. The van der Waals surface area contributed by atoms with Crippen molar-refractivity contribution in [3.8, 4) is 0 Å². The van der Waals surface area contributed by atoms with Crippen LogP contribution in [-0.2, 0) is 17.8 Å². The monoisotopic (exact) mass is 466 g/mol. The predicted octanol–water partition coefficient (Wildman–Crippen LogP) is 4.50. The third kappa shape index (κ3) is 3.87. The molecule has 0 radical (unpaired) electrons. The highest BCUT2D eigenvalue weighted by Gasteiger charge is 2.51. The molecular formula is C26H28F2N4O2. The smallest absolute Gasteiger partial charge is 0.257 e. The molecule has 2 amide bonds. The number of aromatic nitrogens is 2. The molecular weight excluding hydrogens is 438 g/mol. The highest BCUT2D eigenvalue weighted by molar-refractivity contribution is 5.95. The fourth-order valence-corrected chi connectivity index (χ4v) is 7.49. The number of rotatable bonds is 4. The number of benzene rings is 1. The topological polar surface area (TPSA) is 75.2 Å². The van der Waals surface area contributed by atoms with Gasteiger partial charge in [-0.05, 0) is 80.2 Å². The molecule has 0 saturated heterocycles. The summed E-state index contributed by atoms with van der Waals surface area (Å²) in [6, 6.07) is 2.96. The van der Waals surface area contributed by atoms with Crippen LogP contribution in [-0.4, -0.2) is 33.2 Å². The van der Waals surface area contributed by atoms with Gasteiger partial charge in [-0.25, -0.2) is 18.7 Å². The zero-order valence-electron chi connectivity index (χ0n) is 19.0. The molecule has 0 spiro atoms. The van der Waals surface area contributed by atoms with Crippen molar-refractivity contribution in [1.82, 2.24) is 14.9 Å². The number of nitrogens with one attached hydrogen (secondary N) is 1. The maximum absolute atomic E-state index is 14.1. The van der Waals surface area contributed by atoms with Gasteiger partial charge in [-0.3, -0.25) is 9.59 Å². The van der Waals surface area contributed by atoms with Gasteiger partial charge in [-0.15, -0.1) is 0 Å². The van der Waals surface area contributed by atoms with Crippen LogP contribution in [0.15, 0.2) is 24.5 Å². The van der Waals surface area contributed by atoms with E-state index in [2.05, 4.69) is 15.3 Å². The minimum absolute atomic E-state index is 0.00902. The maximum atomic E-state index is 14.1. The van der Waals surface area contributed by atoms with E-state index in [0.29, 0.717) is 37.0 Å². The Morgan fingerprint density at radius 3 is 2.44 bits per heavy atom. The van der Waals surface area contributed by atoms with Crippen molar-refractivity contribution in [3.05, 3.63) is 53.0 Å². The lowest BCUT2D eigenvalue weighted by Crippen LogP contribution is -2.47. The van der Waals surface area contributed by atoms with Gasteiger partial charge >= 0.3 is 0 Å². The zero-order chi connectivity index (χ0) is 23.4. The lowest BCUT2D eigenvalue weighted by Gasteiger charge is -2.56. The zero-order valence-corrected chi connectivity index (χ0v) is 19.0. The number of carbonyl (C=O) groups excluding carboxylic acids is 2.